The number of hydrogen-bond acceptors (Lipinski definition) is 6. The average Bonchev–Trinajstić information content (AvgIpc) is 3.31. The van der Waals surface area contributed by atoms with Crippen molar-refractivity contribution in [1.29, 1.82) is 0 Å². The van der Waals surface area contributed by atoms with Gasteiger partial charge in [0.25, 0.3) is 5.91 Å². The van der Waals surface area contributed by atoms with Crippen molar-refractivity contribution in [2.75, 3.05) is 24.5 Å². The van der Waals surface area contributed by atoms with Gasteiger partial charge in [-0.15, -0.1) is 0 Å². The van der Waals surface area contributed by atoms with Crippen LogP contribution in [0.25, 0.3) is 11.3 Å². The molecular formula is C23H31F2N5O3S. The van der Waals surface area contributed by atoms with Gasteiger partial charge in [-0.05, 0) is 62.9 Å². The highest BCUT2D eigenvalue weighted by Crippen LogP contribution is 2.38. The van der Waals surface area contributed by atoms with Crippen molar-refractivity contribution >= 4 is 21.9 Å². The molecule has 3 N–H and O–H groups in total. The minimum Gasteiger partial charge on any atom is -0.351 e. The first kappa shape index (κ1) is 24.5. The summed E-state index contributed by atoms with van der Waals surface area (Å²) in [5, 5.41) is 0. The SMILES string of the molecule is C[C@@H]1CN(c2nc(-c3ccc(F)c(F)c3)ccc2C(=O)NS(=O)(=O)N2CC[C@H](N)C2)C(C)(C)C1.[HH]. The molecule has 0 aliphatic carbocycles. The van der Waals surface area contributed by atoms with Gasteiger partial charge in [-0.1, -0.05) is 6.92 Å². The van der Waals surface area contributed by atoms with E-state index in [1.807, 2.05) is 18.7 Å². The lowest BCUT2D eigenvalue weighted by molar-refractivity contribution is 0.0979. The van der Waals surface area contributed by atoms with Gasteiger partial charge in [-0.2, -0.15) is 12.7 Å². The fraction of sp³-hybridized carbons (Fsp3) is 0.478. The highest BCUT2D eigenvalue weighted by molar-refractivity contribution is 7.87. The molecule has 2 aliphatic heterocycles. The van der Waals surface area contributed by atoms with E-state index in [0.29, 0.717) is 36.0 Å². The lowest BCUT2D eigenvalue weighted by Gasteiger charge is -2.34. The van der Waals surface area contributed by atoms with Crippen LogP contribution in [0.2, 0.25) is 0 Å². The third kappa shape index (κ3) is 4.77. The van der Waals surface area contributed by atoms with Crippen LogP contribution in [-0.4, -0.2) is 54.8 Å². The number of aromatic nitrogens is 1. The molecule has 4 rings (SSSR count). The summed E-state index contributed by atoms with van der Waals surface area (Å²) in [5.41, 5.74) is 6.24. The van der Waals surface area contributed by atoms with Crippen molar-refractivity contribution in [3.63, 3.8) is 0 Å². The zero-order valence-electron chi connectivity index (χ0n) is 19.4. The molecule has 34 heavy (non-hydrogen) atoms. The predicted molar refractivity (Wildman–Crippen MR) is 127 cm³/mol. The van der Waals surface area contributed by atoms with Crippen molar-refractivity contribution in [3.8, 4) is 11.3 Å². The van der Waals surface area contributed by atoms with Crippen LogP contribution in [0.5, 0.6) is 0 Å². The Kier molecular flexibility index (Phi) is 6.38. The molecule has 1 aromatic heterocycles. The number of rotatable bonds is 5. The molecule has 2 aromatic rings. The highest BCUT2D eigenvalue weighted by atomic mass is 32.2. The van der Waals surface area contributed by atoms with E-state index in [0.717, 1.165) is 22.9 Å². The largest absolute Gasteiger partial charge is 0.351 e. The topological polar surface area (TPSA) is 109 Å². The molecule has 2 aliphatic rings. The van der Waals surface area contributed by atoms with Gasteiger partial charge in [0.1, 0.15) is 5.82 Å². The van der Waals surface area contributed by atoms with Crippen LogP contribution < -0.4 is 15.4 Å². The number of halogens is 2. The van der Waals surface area contributed by atoms with E-state index in [1.54, 1.807) is 0 Å². The maximum atomic E-state index is 13.9. The summed E-state index contributed by atoms with van der Waals surface area (Å²) in [6, 6.07) is 6.16. The monoisotopic (exact) mass is 495 g/mol. The number of hydrogen-bond donors (Lipinski definition) is 2. The van der Waals surface area contributed by atoms with Gasteiger partial charge in [0.15, 0.2) is 11.6 Å². The lowest BCUT2D eigenvalue weighted by Crippen LogP contribution is -2.44. The van der Waals surface area contributed by atoms with Crippen LogP contribution in [0.1, 0.15) is 45.4 Å². The minimum atomic E-state index is -4.08. The number of benzene rings is 1. The molecular weight excluding hydrogens is 464 g/mol. The Hall–Kier alpha value is -2.63. The Morgan fingerprint density at radius 2 is 1.94 bits per heavy atom. The van der Waals surface area contributed by atoms with Crippen LogP contribution in [0.3, 0.4) is 0 Å². The molecule has 8 nitrogen and oxygen atoms in total. The molecule has 1 amide bonds. The first-order valence-corrected chi connectivity index (χ1v) is 12.6. The molecule has 2 fully saturated rings. The van der Waals surface area contributed by atoms with E-state index in [-0.39, 0.29) is 31.7 Å². The van der Waals surface area contributed by atoms with Gasteiger partial charge >= 0.3 is 10.2 Å². The number of nitrogens with zero attached hydrogens (tertiary/aromatic N) is 3. The zero-order valence-corrected chi connectivity index (χ0v) is 20.2. The number of carbonyl (C=O) groups is 1. The predicted octanol–water partition coefficient (Wildman–Crippen LogP) is 2.91. The number of anilines is 1. The number of nitrogens with two attached hydrogens (primary N) is 1. The summed E-state index contributed by atoms with van der Waals surface area (Å²) < 4.78 is 56.1. The lowest BCUT2D eigenvalue weighted by atomic mass is 9.97. The molecule has 3 heterocycles. The van der Waals surface area contributed by atoms with Crippen molar-refractivity contribution < 1.29 is 23.4 Å². The molecule has 0 radical (unpaired) electrons. The van der Waals surface area contributed by atoms with E-state index in [9.17, 15) is 22.0 Å². The molecule has 0 spiro atoms. The van der Waals surface area contributed by atoms with Crippen molar-refractivity contribution in [2.24, 2.45) is 11.7 Å². The third-order valence-electron chi connectivity index (χ3n) is 6.41. The van der Waals surface area contributed by atoms with Crippen molar-refractivity contribution in [1.82, 2.24) is 14.0 Å². The Morgan fingerprint density at radius 1 is 1.21 bits per heavy atom. The minimum absolute atomic E-state index is 0. The van der Waals surface area contributed by atoms with Crippen LogP contribution in [0.4, 0.5) is 14.6 Å². The third-order valence-corrected chi connectivity index (χ3v) is 7.87. The first-order valence-electron chi connectivity index (χ1n) is 11.2. The average molecular weight is 496 g/mol. The molecule has 2 atom stereocenters. The van der Waals surface area contributed by atoms with Crippen LogP contribution in [-0.2, 0) is 10.2 Å². The molecule has 11 heteroatoms. The normalized spacial score (nSPS) is 22.8. The van der Waals surface area contributed by atoms with Gasteiger partial charge in [0, 0.05) is 38.2 Å². The van der Waals surface area contributed by atoms with E-state index < -0.39 is 27.8 Å². The summed E-state index contributed by atoms with van der Waals surface area (Å²) in [6.07, 6.45) is 1.36. The first-order chi connectivity index (χ1) is 15.9. The van der Waals surface area contributed by atoms with Crippen molar-refractivity contribution in [3.05, 3.63) is 47.5 Å². The summed E-state index contributed by atoms with van der Waals surface area (Å²) in [5.74, 6) is -2.18. The molecule has 1 aromatic carbocycles. The summed E-state index contributed by atoms with van der Waals surface area (Å²) >= 11 is 0. The number of pyridine rings is 1. The fourth-order valence-corrected chi connectivity index (χ4v) is 6.02. The van der Waals surface area contributed by atoms with E-state index in [4.69, 9.17) is 5.73 Å². The number of amides is 1. The second kappa shape index (κ2) is 8.86. The maximum absolute atomic E-state index is 13.9. The maximum Gasteiger partial charge on any atom is 0.304 e. The van der Waals surface area contributed by atoms with Gasteiger partial charge in [-0.25, -0.2) is 18.5 Å². The fourth-order valence-electron chi connectivity index (χ4n) is 4.82. The Labute approximate surface area is 199 Å². The number of nitrogens with one attached hydrogen (secondary N) is 1. The Bertz CT molecular complexity index is 1230. The van der Waals surface area contributed by atoms with E-state index in [1.165, 1.54) is 18.2 Å². The standard InChI is InChI=1S/C23H29F2N5O3S.H2/c1-14-11-23(2,3)30(12-14)21-17(22(31)28-34(32,33)29-9-8-16(26)13-29)5-7-20(27-21)15-4-6-18(24)19(25)10-15;/h4-7,10,14,16H,8-9,11-13,26H2,1-3H3,(H,28,31);1H/t14-,16-;/m0./s1. The van der Waals surface area contributed by atoms with Crippen LogP contribution in [0.15, 0.2) is 30.3 Å². The van der Waals surface area contributed by atoms with Gasteiger partial charge < -0.3 is 10.6 Å². The highest BCUT2D eigenvalue weighted by Gasteiger charge is 2.40. The van der Waals surface area contributed by atoms with E-state index in [2.05, 4.69) is 16.6 Å². The molecule has 0 bridgehead atoms. The Balaban J connectivity index is 0.00000342. The second-order valence-electron chi connectivity index (χ2n) is 9.77. The van der Waals surface area contributed by atoms with Crippen LogP contribution >= 0.6 is 0 Å². The van der Waals surface area contributed by atoms with Crippen molar-refractivity contribution in [2.45, 2.75) is 45.2 Å². The molecule has 0 unspecified atom stereocenters. The zero-order chi connectivity index (χ0) is 24.8. The molecule has 0 saturated carbocycles. The quantitative estimate of drug-likeness (QED) is 0.660. The summed E-state index contributed by atoms with van der Waals surface area (Å²) in [7, 11) is -4.08. The van der Waals surface area contributed by atoms with Gasteiger partial charge in [0.2, 0.25) is 0 Å². The summed E-state index contributed by atoms with van der Waals surface area (Å²) in [4.78, 5) is 19.8. The second-order valence-corrected chi connectivity index (χ2v) is 11.4. The molecule has 186 valence electrons. The Morgan fingerprint density at radius 3 is 2.53 bits per heavy atom. The summed E-state index contributed by atoms with van der Waals surface area (Å²) in [6.45, 7) is 7.11. The molecule has 2 saturated heterocycles. The smallest absolute Gasteiger partial charge is 0.304 e. The number of carbonyl (C=O) groups excluding carboxylic acids is 1. The van der Waals surface area contributed by atoms with Crippen LogP contribution in [0, 0.1) is 17.6 Å². The van der Waals surface area contributed by atoms with Gasteiger partial charge in [-0.3, -0.25) is 4.79 Å². The van der Waals surface area contributed by atoms with E-state index >= 15 is 0 Å². The van der Waals surface area contributed by atoms with Gasteiger partial charge in [0.05, 0.1) is 11.3 Å².